The van der Waals surface area contributed by atoms with Gasteiger partial charge in [-0.25, -0.2) is 8.42 Å². The molecule has 0 fully saturated rings. The van der Waals surface area contributed by atoms with E-state index >= 15 is 0 Å². The zero-order valence-electron chi connectivity index (χ0n) is 13.9. The standard InChI is InChI=1S/C19H19NO3S/c1-14-12-19(15-4-8-17(23-2)9-5-15)20(13-14)16-6-10-18(11-7-16)24(3,21)22/h4-13H,1-3H3. The molecule has 0 aliphatic carbocycles. The maximum atomic E-state index is 11.6. The predicted molar refractivity (Wildman–Crippen MR) is 95.6 cm³/mol. The van der Waals surface area contributed by atoms with Crippen LogP contribution in [0.3, 0.4) is 0 Å². The van der Waals surface area contributed by atoms with Gasteiger partial charge in [-0.05, 0) is 72.6 Å². The van der Waals surface area contributed by atoms with Crippen molar-refractivity contribution in [2.75, 3.05) is 13.4 Å². The summed E-state index contributed by atoms with van der Waals surface area (Å²) in [6, 6.07) is 16.9. The molecule has 0 unspecified atom stereocenters. The highest BCUT2D eigenvalue weighted by Gasteiger charge is 2.11. The molecular weight excluding hydrogens is 322 g/mol. The molecule has 0 aliphatic heterocycles. The Morgan fingerprint density at radius 2 is 1.58 bits per heavy atom. The summed E-state index contributed by atoms with van der Waals surface area (Å²) in [6.07, 6.45) is 3.25. The van der Waals surface area contributed by atoms with E-state index < -0.39 is 9.84 Å². The van der Waals surface area contributed by atoms with E-state index in [1.54, 1.807) is 19.2 Å². The van der Waals surface area contributed by atoms with Crippen LogP contribution in [0.15, 0.2) is 65.7 Å². The van der Waals surface area contributed by atoms with Gasteiger partial charge in [-0.3, -0.25) is 0 Å². The summed E-state index contributed by atoms with van der Waals surface area (Å²) in [4.78, 5) is 0.320. The fourth-order valence-electron chi connectivity index (χ4n) is 2.65. The molecular formula is C19H19NO3S. The molecule has 4 nitrogen and oxygen atoms in total. The molecule has 0 bridgehead atoms. The van der Waals surface area contributed by atoms with Crippen molar-refractivity contribution in [3.05, 3.63) is 66.4 Å². The molecule has 5 heteroatoms. The fourth-order valence-corrected chi connectivity index (χ4v) is 3.28. The smallest absolute Gasteiger partial charge is 0.175 e. The largest absolute Gasteiger partial charge is 0.497 e. The first-order chi connectivity index (χ1) is 11.4. The highest BCUT2D eigenvalue weighted by atomic mass is 32.2. The van der Waals surface area contributed by atoms with Crippen LogP contribution in [0.5, 0.6) is 5.75 Å². The van der Waals surface area contributed by atoms with E-state index in [4.69, 9.17) is 4.74 Å². The van der Waals surface area contributed by atoms with Gasteiger partial charge in [0.2, 0.25) is 0 Å². The summed E-state index contributed by atoms with van der Waals surface area (Å²) in [7, 11) is -1.55. The van der Waals surface area contributed by atoms with Gasteiger partial charge in [0.15, 0.2) is 9.84 Å². The Bertz CT molecular complexity index is 953. The number of aryl methyl sites for hydroxylation is 1. The van der Waals surface area contributed by atoms with Crippen LogP contribution in [-0.2, 0) is 9.84 Å². The number of rotatable bonds is 4. The molecule has 124 valence electrons. The highest BCUT2D eigenvalue weighted by Crippen LogP contribution is 2.28. The average molecular weight is 341 g/mol. The Morgan fingerprint density at radius 3 is 2.12 bits per heavy atom. The van der Waals surface area contributed by atoms with E-state index in [1.165, 1.54) is 6.26 Å². The van der Waals surface area contributed by atoms with Crippen molar-refractivity contribution in [3.63, 3.8) is 0 Å². The number of ether oxygens (including phenoxy) is 1. The molecule has 2 aromatic carbocycles. The quantitative estimate of drug-likeness (QED) is 0.724. The molecule has 1 heterocycles. The molecule has 0 atom stereocenters. The Labute approximate surface area is 142 Å². The number of methoxy groups -OCH3 is 1. The van der Waals surface area contributed by atoms with E-state index in [0.717, 1.165) is 28.3 Å². The summed E-state index contributed by atoms with van der Waals surface area (Å²) in [6.45, 7) is 2.04. The molecule has 3 rings (SSSR count). The van der Waals surface area contributed by atoms with Crippen LogP contribution < -0.4 is 4.74 Å². The van der Waals surface area contributed by atoms with Gasteiger partial charge < -0.3 is 9.30 Å². The monoisotopic (exact) mass is 341 g/mol. The Balaban J connectivity index is 2.05. The molecule has 0 radical (unpaired) electrons. The van der Waals surface area contributed by atoms with Crippen molar-refractivity contribution >= 4 is 9.84 Å². The van der Waals surface area contributed by atoms with Gasteiger partial charge in [-0.15, -0.1) is 0 Å². The lowest BCUT2D eigenvalue weighted by Gasteiger charge is -2.11. The van der Waals surface area contributed by atoms with Crippen LogP contribution in [0, 0.1) is 6.92 Å². The van der Waals surface area contributed by atoms with Gasteiger partial charge in [-0.2, -0.15) is 0 Å². The third-order valence-electron chi connectivity index (χ3n) is 3.89. The minimum atomic E-state index is -3.19. The molecule has 0 N–H and O–H groups in total. The molecule has 3 aromatic rings. The third-order valence-corrected chi connectivity index (χ3v) is 5.01. The van der Waals surface area contributed by atoms with Crippen LogP contribution in [-0.4, -0.2) is 26.4 Å². The van der Waals surface area contributed by atoms with E-state index in [9.17, 15) is 8.42 Å². The number of benzene rings is 2. The topological polar surface area (TPSA) is 48.3 Å². The number of nitrogens with zero attached hydrogens (tertiary/aromatic N) is 1. The number of hydrogen-bond donors (Lipinski definition) is 0. The third kappa shape index (κ3) is 3.21. The maximum absolute atomic E-state index is 11.6. The van der Waals surface area contributed by atoms with E-state index in [0.29, 0.717) is 4.90 Å². The predicted octanol–water partition coefficient (Wildman–Crippen LogP) is 3.86. The second-order valence-electron chi connectivity index (χ2n) is 5.77. The molecule has 24 heavy (non-hydrogen) atoms. The number of sulfone groups is 1. The van der Waals surface area contributed by atoms with Crippen LogP contribution in [0.25, 0.3) is 16.9 Å². The van der Waals surface area contributed by atoms with E-state index in [2.05, 4.69) is 10.6 Å². The molecule has 0 aliphatic rings. The van der Waals surface area contributed by atoms with Crippen LogP contribution in [0.1, 0.15) is 5.56 Å². The lowest BCUT2D eigenvalue weighted by molar-refractivity contribution is 0.415. The van der Waals surface area contributed by atoms with Crippen LogP contribution in [0.4, 0.5) is 0 Å². The first-order valence-corrected chi connectivity index (χ1v) is 9.41. The van der Waals surface area contributed by atoms with Crippen molar-refractivity contribution < 1.29 is 13.2 Å². The lowest BCUT2D eigenvalue weighted by Crippen LogP contribution is -1.99. The van der Waals surface area contributed by atoms with Crippen LogP contribution >= 0.6 is 0 Å². The van der Waals surface area contributed by atoms with Gasteiger partial charge >= 0.3 is 0 Å². The van der Waals surface area contributed by atoms with E-state index in [1.807, 2.05) is 49.5 Å². The molecule has 0 amide bonds. The van der Waals surface area contributed by atoms with Crippen molar-refractivity contribution in [3.8, 4) is 22.7 Å². The van der Waals surface area contributed by atoms with Gasteiger partial charge in [0.05, 0.1) is 17.7 Å². The molecule has 1 aromatic heterocycles. The number of hydrogen-bond acceptors (Lipinski definition) is 3. The fraction of sp³-hybridized carbons (Fsp3) is 0.158. The first kappa shape index (κ1) is 16.3. The van der Waals surface area contributed by atoms with Crippen molar-refractivity contribution in [1.82, 2.24) is 4.57 Å². The van der Waals surface area contributed by atoms with Gasteiger partial charge in [0, 0.05) is 18.1 Å². The van der Waals surface area contributed by atoms with Gasteiger partial charge in [0.1, 0.15) is 5.75 Å². The average Bonchev–Trinajstić information content (AvgIpc) is 2.96. The van der Waals surface area contributed by atoms with Gasteiger partial charge in [-0.1, -0.05) is 0 Å². The summed E-state index contributed by atoms with van der Waals surface area (Å²) in [5, 5.41) is 0. The number of aromatic nitrogens is 1. The normalized spacial score (nSPS) is 11.5. The second-order valence-corrected chi connectivity index (χ2v) is 7.78. The minimum Gasteiger partial charge on any atom is -0.497 e. The lowest BCUT2D eigenvalue weighted by atomic mass is 10.1. The maximum Gasteiger partial charge on any atom is 0.175 e. The molecule has 0 saturated carbocycles. The minimum absolute atomic E-state index is 0.320. The summed E-state index contributed by atoms with van der Waals surface area (Å²) >= 11 is 0. The van der Waals surface area contributed by atoms with Crippen molar-refractivity contribution in [2.24, 2.45) is 0 Å². The molecule has 0 saturated heterocycles. The van der Waals surface area contributed by atoms with Crippen LogP contribution in [0.2, 0.25) is 0 Å². The Hall–Kier alpha value is -2.53. The Kier molecular flexibility index (Phi) is 4.20. The second kappa shape index (κ2) is 6.17. The first-order valence-electron chi connectivity index (χ1n) is 7.52. The zero-order valence-corrected chi connectivity index (χ0v) is 14.7. The van der Waals surface area contributed by atoms with Crippen molar-refractivity contribution in [2.45, 2.75) is 11.8 Å². The van der Waals surface area contributed by atoms with Gasteiger partial charge in [0.25, 0.3) is 0 Å². The summed E-state index contributed by atoms with van der Waals surface area (Å²) in [5.41, 5.74) is 4.16. The highest BCUT2D eigenvalue weighted by molar-refractivity contribution is 7.90. The summed E-state index contributed by atoms with van der Waals surface area (Å²) < 4.78 is 30.5. The van der Waals surface area contributed by atoms with Crippen molar-refractivity contribution in [1.29, 1.82) is 0 Å². The zero-order chi connectivity index (χ0) is 17.3. The molecule has 0 spiro atoms. The Morgan fingerprint density at radius 1 is 0.958 bits per heavy atom. The van der Waals surface area contributed by atoms with E-state index in [-0.39, 0.29) is 0 Å². The SMILES string of the molecule is COc1ccc(-c2cc(C)cn2-c2ccc(S(C)(=O)=O)cc2)cc1. The summed E-state index contributed by atoms with van der Waals surface area (Å²) in [5.74, 6) is 0.811.